The monoisotopic (exact) mass is 253 g/mol. The molecule has 1 aliphatic carbocycles. The molecule has 0 bridgehead atoms. The van der Waals surface area contributed by atoms with Gasteiger partial charge in [-0.25, -0.2) is 0 Å². The van der Waals surface area contributed by atoms with Crippen LogP contribution >= 0.6 is 0 Å². The van der Waals surface area contributed by atoms with Crippen LogP contribution in [-0.2, 0) is 0 Å². The number of rotatable bonds is 5. The molecule has 2 rings (SSSR count). The maximum absolute atomic E-state index is 6.35. The van der Waals surface area contributed by atoms with E-state index in [-0.39, 0.29) is 0 Å². The van der Waals surface area contributed by atoms with Gasteiger partial charge in [0, 0.05) is 31.7 Å². The van der Waals surface area contributed by atoms with Gasteiger partial charge in [-0.1, -0.05) is 25.7 Å². The molecule has 0 amide bonds. The van der Waals surface area contributed by atoms with Gasteiger partial charge in [-0.15, -0.1) is 0 Å². The summed E-state index contributed by atoms with van der Waals surface area (Å²) in [6.07, 6.45) is 9.60. The van der Waals surface area contributed by atoms with Crippen molar-refractivity contribution in [3.8, 4) is 0 Å². The van der Waals surface area contributed by atoms with Crippen LogP contribution in [-0.4, -0.2) is 55.6 Å². The fourth-order valence-corrected chi connectivity index (χ4v) is 3.57. The summed E-state index contributed by atoms with van der Waals surface area (Å²) in [6, 6.07) is 1.08. The van der Waals surface area contributed by atoms with E-state index in [4.69, 9.17) is 5.73 Å². The molecule has 18 heavy (non-hydrogen) atoms. The molecule has 1 saturated carbocycles. The van der Waals surface area contributed by atoms with Gasteiger partial charge in [0.1, 0.15) is 0 Å². The molecule has 0 aromatic rings. The quantitative estimate of drug-likeness (QED) is 0.812. The van der Waals surface area contributed by atoms with Crippen LogP contribution in [0.1, 0.15) is 44.9 Å². The number of hydrogen-bond donors (Lipinski definition) is 1. The third-order valence-corrected chi connectivity index (χ3v) is 4.98. The fraction of sp³-hybridized carbons (Fsp3) is 1.00. The van der Waals surface area contributed by atoms with E-state index in [1.54, 1.807) is 0 Å². The Labute approximate surface area is 113 Å². The van der Waals surface area contributed by atoms with Crippen LogP contribution in [0.25, 0.3) is 0 Å². The van der Waals surface area contributed by atoms with Crippen LogP contribution < -0.4 is 5.73 Å². The van der Waals surface area contributed by atoms with Crippen molar-refractivity contribution in [2.24, 2.45) is 11.7 Å². The highest BCUT2D eigenvalue weighted by Gasteiger charge is 2.24. The lowest BCUT2D eigenvalue weighted by Crippen LogP contribution is -2.51. The van der Waals surface area contributed by atoms with E-state index in [2.05, 4.69) is 23.9 Å². The van der Waals surface area contributed by atoms with Gasteiger partial charge in [0.25, 0.3) is 0 Å². The second-order valence-corrected chi connectivity index (χ2v) is 6.62. The van der Waals surface area contributed by atoms with Crippen molar-refractivity contribution in [3.05, 3.63) is 0 Å². The summed E-state index contributed by atoms with van der Waals surface area (Å²) in [5.41, 5.74) is 6.35. The Morgan fingerprint density at radius 3 is 2.61 bits per heavy atom. The predicted octanol–water partition coefficient (Wildman–Crippen LogP) is 1.92. The molecule has 2 N–H and O–H groups in total. The van der Waals surface area contributed by atoms with Crippen molar-refractivity contribution in [1.29, 1.82) is 0 Å². The topological polar surface area (TPSA) is 32.5 Å². The minimum atomic E-state index is 0.407. The standard InChI is InChI=1S/C15H31N3/c1-17-9-10-18(2)15(12-17)11-14(16)8-7-13-5-3-4-6-13/h13-15H,3-12,16H2,1-2H3. The predicted molar refractivity (Wildman–Crippen MR) is 77.7 cm³/mol. The summed E-state index contributed by atoms with van der Waals surface area (Å²) >= 11 is 0. The number of piperazine rings is 1. The Bertz CT molecular complexity index is 238. The minimum absolute atomic E-state index is 0.407. The third-order valence-electron chi connectivity index (χ3n) is 4.98. The summed E-state index contributed by atoms with van der Waals surface area (Å²) in [5.74, 6) is 0.989. The van der Waals surface area contributed by atoms with Gasteiger partial charge in [-0.2, -0.15) is 0 Å². The smallest absolute Gasteiger partial charge is 0.0235 e. The average molecular weight is 253 g/mol. The molecule has 0 aromatic carbocycles. The average Bonchev–Trinajstić information content (AvgIpc) is 2.84. The van der Waals surface area contributed by atoms with E-state index in [1.807, 2.05) is 0 Å². The van der Waals surface area contributed by atoms with Gasteiger partial charge in [0.2, 0.25) is 0 Å². The first kappa shape index (κ1) is 14.3. The Morgan fingerprint density at radius 2 is 1.89 bits per heavy atom. The highest BCUT2D eigenvalue weighted by Crippen LogP contribution is 2.29. The zero-order valence-electron chi connectivity index (χ0n) is 12.3. The molecule has 0 aromatic heterocycles. The van der Waals surface area contributed by atoms with E-state index < -0.39 is 0 Å². The highest BCUT2D eigenvalue weighted by molar-refractivity contribution is 4.82. The molecule has 1 aliphatic heterocycles. The molecule has 3 heteroatoms. The van der Waals surface area contributed by atoms with Crippen molar-refractivity contribution in [1.82, 2.24) is 9.80 Å². The maximum atomic E-state index is 6.35. The molecular weight excluding hydrogens is 222 g/mol. The van der Waals surface area contributed by atoms with E-state index in [9.17, 15) is 0 Å². The van der Waals surface area contributed by atoms with Crippen LogP contribution in [0.2, 0.25) is 0 Å². The Balaban J connectivity index is 1.67. The van der Waals surface area contributed by atoms with Crippen molar-refractivity contribution >= 4 is 0 Å². The lowest BCUT2D eigenvalue weighted by molar-refractivity contribution is 0.103. The molecule has 0 spiro atoms. The van der Waals surface area contributed by atoms with Crippen LogP contribution in [0.3, 0.4) is 0 Å². The highest BCUT2D eigenvalue weighted by atomic mass is 15.3. The van der Waals surface area contributed by atoms with Crippen molar-refractivity contribution in [2.75, 3.05) is 33.7 Å². The summed E-state index contributed by atoms with van der Waals surface area (Å²) in [7, 11) is 4.48. The Morgan fingerprint density at radius 1 is 1.17 bits per heavy atom. The molecule has 2 atom stereocenters. The molecule has 3 nitrogen and oxygen atoms in total. The van der Waals surface area contributed by atoms with Crippen molar-refractivity contribution in [3.63, 3.8) is 0 Å². The first-order chi connectivity index (χ1) is 8.65. The molecule has 0 radical (unpaired) electrons. The number of likely N-dealkylation sites (N-methyl/N-ethyl adjacent to an activating group) is 2. The fourth-order valence-electron chi connectivity index (χ4n) is 3.57. The molecular formula is C15H31N3. The van der Waals surface area contributed by atoms with Crippen molar-refractivity contribution < 1.29 is 0 Å². The lowest BCUT2D eigenvalue weighted by atomic mass is 9.95. The van der Waals surface area contributed by atoms with E-state index >= 15 is 0 Å². The van der Waals surface area contributed by atoms with Crippen LogP contribution in [0.4, 0.5) is 0 Å². The molecule has 2 aliphatic rings. The van der Waals surface area contributed by atoms with E-state index in [1.165, 1.54) is 64.6 Å². The Hall–Kier alpha value is -0.120. The van der Waals surface area contributed by atoms with Crippen LogP contribution in [0.5, 0.6) is 0 Å². The summed E-state index contributed by atoms with van der Waals surface area (Å²) in [6.45, 7) is 3.58. The summed E-state index contributed by atoms with van der Waals surface area (Å²) in [5, 5.41) is 0. The van der Waals surface area contributed by atoms with Gasteiger partial charge < -0.3 is 15.5 Å². The SMILES string of the molecule is CN1CCN(C)C(CC(N)CCC2CCCC2)C1. The number of nitrogens with zero attached hydrogens (tertiary/aromatic N) is 2. The third kappa shape index (κ3) is 4.22. The zero-order valence-corrected chi connectivity index (χ0v) is 12.3. The largest absolute Gasteiger partial charge is 0.328 e. The minimum Gasteiger partial charge on any atom is -0.328 e. The summed E-state index contributed by atoms with van der Waals surface area (Å²) in [4.78, 5) is 4.93. The van der Waals surface area contributed by atoms with Crippen LogP contribution in [0, 0.1) is 5.92 Å². The number of nitrogens with two attached hydrogens (primary N) is 1. The molecule has 2 unspecified atom stereocenters. The zero-order chi connectivity index (χ0) is 13.0. The van der Waals surface area contributed by atoms with Gasteiger partial charge >= 0.3 is 0 Å². The molecule has 106 valence electrons. The van der Waals surface area contributed by atoms with Crippen molar-refractivity contribution in [2.45, 2.75) is 57.0 Å². The van der Waals surface area contributed by atoms with Crippen LogP contribution in [0.15, 0.2) is 0 Å². The van der Waals surface area contributed by atoms with Gasteiger partial charge in [-0.05, 0) is 39.3 Å². The van der Waals surface area contributed by atoms with Gasteiger partial charge in [0.05, 0.1) is 0 Å². The first-order valence-corrected chi connectivity index (χ1v) is 7.79. The second-order valence-electron chi connectivity index (χ2n) is 6.62. The lowest BCUT2D eigenvalue weighted by Gasteiger charge is -2.39. The first-order valence-electron chi connectivity index (χ1n) is 7.79. The normalized spacial score (nSPS) is 29.8. The summed E-state index contributed by atoms with van der Waals surface area (Å²) < 4.78 is 0. The van der Waals surface area contributed by atoms with Gasteiger partial charge in [0.15, 0.2) is 0 Å². The molecule has 1 saturated heterocycles. The maximum Gasteiger partial charge on any atom is 0.0235 e. The molecule has 1 heterocycles. The van der Waals surface area contributed by atoms with E-state index in [0.717, 1.165) is 5.92 Å². The van der Waals surface area contributed by atoms with E-state index in [0.29, 0.717) is 12.1 Å². The number of hydrogen-bond acceptors (Lipinski definition) is 3. The second kappa shape index (κ2) is 6.88. The Kier molecular flexibility index (Phi) is 5.46. The van der Waals surface area contributed by atoms with Gasteiger partial charge in [-0.3, -0.25) is 0 Å². The molecule has 2 fully saturated rings.